The van der Waals surface area contributed by atoms with Crippen molar-refractivity contribution in [3.05, 3.63) is 34.9 Å². The number of benzene rings is 1. The number of hydrogen-bond acceptors (Lipinski definition) is 5. The van der Waals surface area contributed by atoms with Gasteiger partial charge in [0.15, 0.2) is 11.6 Å². The second-order valence-electron chi connectivity index (χ2n) is 5.07. The first-order valence-electron chi connectivity index (χ1n) is 6.32. The van der Waals surface area contributed by atoms with Gasteiger partial charge in [-0.05, 0) is 18.2 Å². The highest BCUT2D eigenvalue weighted by molar-refractivity contribution is 6.18. The van der Waals surface area contributed by atoms with Crippen molar-refractivity contribution in [3.8, 4) is 5.75 Å². The maximum atomic E-state index is 13.8. The highest BCUT2D eigenvalue weighted by atomic mass is 19.4. The van der Waals surface area contributed by atoms with E-state index in [1.54, 1.807) is 0 Å². The van der Waals surface area contributed by atoms with Crippen molar-refractivity contribution in [3.63, 3.8) is 0 Å². The lowest BCUT2D eigenvalue weighted by Crippen LogP contribution is -2.41. The van der Waals surface area contributed by atoms with Crippen LogP contribution < -0.4 is 4.74 Å². The number of halogens is 5. The lowest BCUT2D eigenvalue weighted by atomic mass is 10.1. The number of carbonyl (C=O) groups is 2. The number of carbonyl (C=O) groups excluding carboxylic acids is 2. The summed E-state index contributed by atoms with van der Waals surface area (Å²) in [5.41, 5.74) is -1.40. The van der Waals surface area contributed by atoms with Gasteiger partial charge in [0.05, 0.1) is 0 Å². The van der Waals surface area contributed by atoms with Crippen LogP contribution in [0.5, 0.6) is 5.75 Å². The zero-order valence-electron chi connectivity index (χ0n) is 12.2. The first kappa shape index (κ1) is 17.7. The van der Waals surface area contributed by atoms with E-state index < -0.39 is 52.6 Å². The summed E-state index contributed by atoms with van der Waals surface area (Å²) in [4.78, 5) is 23.4. The number of cyclic esters (lactones) is 2. The molecule has 0 unspecified atom stereocenters. The van der Waals surface area contributed by atoms with Crippen molar-refractivity contribution in [1.29, 1.82) is 0 Å². The van der Waals surface area contributed by atoms with E-state index in [0.717, 1.165) is 0 Å². The van der Waals surface area contributed by atoms with Gasteiger partial charge in [0.1, 0.15) is 5.57 Å². The molecule has 5 nitrogen and oxygen atoms in total. The Balaban J connectivity index is 2.39. The number of alkyl halides is 3. The molecule has 0 bridgehead atoms. The molecule has 0 radical (unpaired) electrons. The molecule has 1 saturated heterocycles. The Kier molecular flexibility index (Phi) is 4.25. The fourth-order valence-corrected chi connectivity index (χ4v) is 1.80. The largest absolute Gasteiger partial charge is 0.573 e. The molecule has 0 amide bonds. The summed E-state index contributed by atoms with van der Waals surface area (Å²) >= 11 is 0. The summed E-state index contributed by atoms with van der Waals surface area (Å²) in [7, 11) is 0. The van der Waals surface area contributed by atoms with E-state index in [0.29, 0.717) is 18.2 Å². The maximum absolute atomic E-state index is 13.8. The van der Waals surface area contributed by atoms with Gasteiger partial charge in [0.2, 0.25) is 5.82 Å². The average molecular weight is 352 g/mol. The number of hydrogen-bond donors (Lipinski definition) is 0. The van der Waals surface area contributed by atoms with E-state index in [2.05, 4.69) is 4.74 Å². The van der Waals surface area contributed by atoms with Crippen LogP contribution in [0.3, 0.4) is 0 Å². The van der Waals surface area contributed by atoms with Crippen LogP contribution in [-0.2, 0) is 19.1 Å². The van der Waals surface area contributed by atoms with Gasteiger partial charge in [-0.3, -0.25) is 0 Å². The van der Waals surface area contributed by atoms with Crippen molar-refractivity contribution < 1.29 is 45.8 Å². The monoisotopic (exact) mass is 352 g/mol. The van der Waals surface area contributed by atoms with Crippen molar-refractivity contribution in [2.24, 2.45) is 0 Å². The fraction of sp³-hybridized carbons (Fsp3) is 0.286. The summed E-state index contributed by atoms with van der Waals surface area (Å²) in [6, 6.07) is 1.20. The van der Waals surface area contributed by atoms with Crippen molar-refractivity contribution in [2.45, 2.75) is 26.0 Å². The molecule has 1 aromatic carbocycles. The Morgan fingerprint density at radius 1 is 1.04 bits per heavy atom. The molecule has 0 saturated carbocycles. The first-order chi connectivity index (χ1) is 10.9. The van der Waals surface area contributed by atoms with E-state index in [1.807, 2.05) is 0 Å². The van der Waals surface area contributed by atoms with Crippen LogP contribution in [0, 0.1) is 11.6 Å². The molecule has 1 heterocycles. The van der Waals surface area contributed by atoms with E-state index in [-0.39, 0.29) is 0 Å². The molecule has 0 spiro atoms. The highest BCUT2D eigenvalue weighted by Gasteiger charge is 2.39. The van der Waals surface area contributed by atoms with Crippen molar-refractivity contribution in [2.75, 3.05) is 0 Å². The molecule has 1 aromatic rings. The third-order valence-electron chi connectivity index (χ3n) is 2.72. The predicted molar refractivity (Wildman–Crippen MR) is 67.3 cm³/mol. The molecule has 130 valence electrons. The quantitative estimate of drug-likeness (QED) is 0.354. The zero-order chi connectivity index (χ0) is 18.3. The predicted octanol–water partition coefficient (Wildman–Crippen LogP) is 3.08. The Morgan fingerprint density at radius 3 is 2.08 bits per heavy atom. The lowest BCUT2D eigenvalue weighted by molar-refractivity contribution is -0.275. The van der Waals surface area contributed by atoms with Crippen molar-refractivity contribution >= 4 is 18.0 Å². The number of ether oxygens (including phenoxy) is 3. The molecular weight excluding hydrogens is 343 g/mol. The minimum atomic E-state index is -5.21. The smallest absolute Gasteiger partial charge is 0.419 e. The van der Waals surface area contributed by atoms with Crippen LogP contribution in [0.2, 0.25) is 0 Å². The third-order valence-corrected chi connectivity index (χ3v) is 2.72. The molecule has 1 aliphatic heterocycles. The zero-order valence-corrected chi connectivity index (χ0v) is 12.2. The van der Waals surface area contributed by atoms with Crippen molar-refractivity contribution in [1.82, 2.24) is 0 Å². The van der Waals surface area contributed by atoms with Crippen LogP contribution >= 0.6 is 0 Å². The van der Waals surface area contributed by atoms with E-state index in [1.165, 1.54) is 13.8 Å². The van der Waals surface area contributed by atoms with Gasteiger partial charge in [-0.2, -0.15) is 4.39 Å². The topological polar surface area (TPSA) is 61.8 Å². The van der Waals surface area contributed by atoms with Crippen LogP contribution in [0.1, 0.15) is 19.4 Å². The summed E-state index contributed by atoms with van der Waals surface area (Å²) in [6.45, 7) is 2.56. The van der Waals surface area contributed by atoms with Gasteiger partial charge in [0, 0.05) is 19.4 Å². The first-order valence-corrected chi connectivity index (χ1v) is 6.32. The molecular formula is C14H9F5O5. The Labute approximate surface area is 131 Å². The number of rotatable bonds is 2. The van der Waals surface area contributed by atoms with Crippen LogP contribution in [0.4, 0.5) is 22.0 Å². The van der Waals surface area contributed by atoms with Gasteiger partial charge in [0.25, 0.3) is 5.79 Å². The molecule has 1 fully saturated rings. The van der Waals surface area contributed by atoms with Gasteiger partial charge in [-0.15, -0.1) is 13.2 Å². The van der Waals surface area contributed by atoms with Crippen LogP contribution in [-0.4, -0.2) is 24.1 Å². The Bertz CT molecular complexity index is 714. The summed E-state index contributed by atoms with van der Waals surface area (Å²) in [5.74, 6) is -8.88. The fourth-order valence-electron chi connectivity index (χ4n) is 1.80. The second-order valence-corrected chi connectivity index (χ2v) is 5.07. The van der Waals surface area contributed by atoms with Gasteiger partial charge in [-0.25, -0.2) is 14.0 Å². The highest BCUT2D eigenvalue weighted by Crippen LogP contribution is 2.30. The SMILES string of the molecule is CC1(C)OC(=O)C(=Cc2ccc(OC(F)(F)F)c(F)c2F)C(=O)O1. The van der Waals surface area contributed by atoms with E-state index in [9.17, 15) is 31.5 Å². The number of esters is 2. The molecule has 0 N–H and O–H groups in total. The van der Waals surface area contributed by atoms with Crippen LogP contribution in [0.25, 0.3) is 6.08 Å². The molecule has 2 rings (SSSR count). The Hall–Kier alpha value is -2.65. The van der Waals surface area contributed by atoms with Gasteiger partial charge >= 0.3 is 18.3 Å². The van der Waals surface area contributed by atoms with Gasteiger partial charge < -0.3 is 14.2 Å². The van der Waals surface area contributed by atoms with Gasteiger partial charge in [-0.1, -0.05) is 0 Å². The average Bonchev–Trinajstić information content (AvgIpc) is 2.39. The molecule has 24 heavy (non-hydrogen) atoms. The molecule has 0 aromatic heterocycles. The lowest BCUT2D eigenvalue weighted by Gasteiger charge is -2.29. The molecule has 0 atom stereocenters. The summed E-state index contributed by atoms with van der Waals surface area (Å²) in [6.07, 6.45) is -4.61. The minimum absolute atomic E-state index is 0.502. The summed E-state index contributed by atoms with van der Waals surface area (Å²) in [5, 5.41) is 0. The van der Waals surface area contributed by atoms with Crippen LogP contribution in [0.15, 0.2) is 17.7 Å². The minimum Gasteiger partial charge on any atom is -0.419 e. The standard InChI is InChI=1S/C14H9F5O5/c1-13(2)23-11(20)7(12(21)24-13)5-6-3-4-8(10(16)9(6)15)22-14(17,18)19/h3-5H,1-2H3. The van der Waals surface area contributed by atoms with E-state index >= 15 is 0 Å². The second kappa shape index (κ2) is 5.77. The maximum Gasteiger partial charge on any atom is 0.573 e. The molecule has 1 aliphatic rings. The molecule has 10 heteroatoms. The third kappa shape index (κ3) is 3.81. The normalized spacial score (nSPS) is 17.2. The summed E-state index contributed by atoms with van der Waals surface area (Å²) < 4.78 is 76.4. The molecule has 0 aliphatic carbocycles. The van der Waals surface area contributed by atoms with E-state index in [4.69, 9.17) is 9.47 Å². The Morgan fingerprint density at radius 2 is 1.58 bits per heavy atom.